The molecule has 0 fully saturated rings. The number of primary amides is 1. The van der Waals surface area contributed by atoms with Gasteiger partial charge >= 0.3 is 21.1 Å². The van der Waals surface area contributed by atoms with Crippen LogP contribution in [0.25, 0.3) is 0 Å². The van der Waals surface area contributed by atoms with Crippen molar-refractivity contribution in [2.45, 2.75) is 6.92 Å². The van der Waals surface area contributed by atoms with E-state index in [1.807, 2.05) is 0 Å². The first-order valence-corrected chi connectivity index (χ1v) is 1.20. The minimum atomic E-state index is 0. The molecule has 0 aliphatic carbocycles. The van der Waals surface area contributed by atoms with Gasteiger partial charge in [-0.1, -0.05) is 0 Å². The third kappa shape index (κ3) is 1660. The first-order valence-electron chi connectivity index (χ1n) is 1.20. The number of hydrogen-bond donors (Lipinski definition) is 1. The maximum atomic E-state index is 8.46. The molecule has 0 bridgehead atoms. The monoisotopic (exact) mass is 257 g/mol. The maximum Gasteiger partial charge on any atom is 2.00 e. The van der Waals surface area contributed by atoms with Crippen molar-refractivity contribution >= 4 is 6.41 Å². The molecule has 0 aromatic carbocycles. The Labute approximate surface area is 52.4 Å². The quantitative estimate of drug-likeness (QED) is 0.476. The van der Waals surface area contributed by atoms with Crippen molar-refractivity contribution in [3.8, 4) is 0 Å². The van der Waals surface area contributed by atoms with Gasteiger partial charge in [-0.25, -0.2) is 0 Å². The second-order valence-corrected chi connectivity index (χ2v) is 0.118. The molecule has 2 nitrogen and oxygen atoms in total. The van der Waals surface area contributed by atoms with E-state index in [0.29, 0.717) is 0 Å². The van der Waals surface area contributed by atoms with Crippen LogP contribution in [0.5, 0.6) is 0 Å². The Kier molecular flexibility index (Phi) is 182. The summed E-state index contributed by atoms with van der Waals surface area (Å²) < 4.78 is 0. The fraction of sp³-hybridized carbons (Fsp3) is 0.333. The van der Waals surface area contributed by atoms with Crippen molar-refractivity contribution in [1.29, 1.82) is 0 Å². The zero-order valence-corrected chi connectivity index (χ0v) is 6.53. The maximum absolute atomic E-state index is 8.46. The van der Waals surface area contributed by atoms with Gasteiger partial charge in [0.1, 0.15) is 0 Å². The van der Waals surface area contributed by atoms with Crippen molar-refractivity contribution in [3.63, 3.8) is 0 Å². The summed E-state index contributed by atoms with van der Waals surface area (Å²) >= 11 is 0. The smallest absolute Gasteiger partial charge is 0.543 e. The third-order valence-corrected chi connectivity index (χ3v) is 0. The molecule has 0 spiro atoms. The molecule has 0 aromatic rings. The summed E-state index contributed by atoms with van der Waals surface area (Å²) in [7, 11) is 0. The SMILES string of the molecule is N[C-]=O.[CH2-]C.[W+2]. The molecule has 0 heterocycles. The average Bonchev–Trinajstić information content (AvgIpc) is 1.46. The van der Waals surface area contributed by atoms with Gasteiger partial charge in [-0.3, -0.25) is 0 Å². The molecule has 0 aliphatic heterocycles. The van der Waals surface area contributed by atoms with E-state index in [4.69, 9.17) is 4.79 Å². The van der Waals surface area contributed by atoms with Crippen LogP contribution in [-0.2, 0) is 25.9 Å². The van der Waals surface area contributed by atoms with Crippen LogP contribution in [0.1, 0.15) is 6.92 Å². The van der Waals surface area contributed by atoms with Gasteiger partial charge in [-0.15, -0.1) is 0 Å². The molecule has 0 unspecified atom stereocenters. The van der Waals surface area contributed by atoms with E-state index in [1.165, 1.54) is 0 Å². The van der Waals surface area contributed by atoms with Crippen molar-refractivity contribution < 1.29 is 25.9 Å². The number of rotatable bonds is 0. The first-order chi connectivity index (χ1) is 2.41. The minimum absolute atomic E-state index is 0. The van der Waals surface area contributed by atoms with E-state index < -0.39 is 0 Å². The molecule has 3 heteroatoms. The standard InChI is InChI=1S/C2H5.CH2NO.W/c1-2;2-1-3;/h1H2,2H3;(H2,2,3);/q2*-1;+2. The van der Waals surface area contributed by atoms with Crippen LogP contribution in [0.4, 0.5) is 0 Å². The minimum Gasteiger partial charge on any atom is -0.543 e. The van der Waals surface area contributed by atoms with Crippen molar-refractivity contribution in [3.05, 3.63) is 6.92 Å². The summed E-state index contributed by atoms with van der Waals surface area (Å²) in [6.45, 7) is 5.00. The normalized spacial score (nSPS) is 3.00. The zero-order chi connectivity index (χ0) is 4.71. The topological polar surface area (TPSA) is 43.1 Å². The number of hydrogen-bond acceptors (Lipinski definition) is 1. The van der Waals surface area contributed by atoms with Crippen LogP contribution < -0.4 is 5.73 Å². The van der Waals surface area contributed by atoms with Crippen LogP contribution in [-0.4, -0.2) is 6.41 Å². The van der Waals surface area contributed by atoms with Crippen LogP contribution >= 0.6 is 0 Å². The molecular formula is C3H7NOW. The largest absolute Gasteiger partial charge is 2.00 e. The van der Waals surface area contributed by atoms with Crippen molar-refractivity contribution in [2.75, 3.05) is 0 Å². The van der Waals surface area contributed by atoms with Gasteiger partial charge in [0.15, 0.2) is 0 Å². The number of nitrogens with two attached hydrogens (primary N) is 1. The molecule has 36 valence electrons. The third-order valence-electron chi connectivity index (χ3n) is 0. The fourth-order valence-corrected chi connectivity index (χ4v) is 0. The molecule has 0 rings (SSSR count). The van der Waals surface area contributed by atoms with Crippen LogP contribution in [0, 0.1) is 6.92 Å². The Morgan fingerprint density at radius 2 is 1.67 bits per heavy atom. The van der Waals surface area contributed by atoms with E-state index in [2.05, 4.69) is 12.7 Å². The molecule has 0 aromatic heterocycles. The number of carbonyl (C=O) groups excluding carboxylic acids is 1. The van der Waals surface area contributed by atoms with Gasteiger partial charge in [-0.2, -0.15) is 13.3 Å². The molecule has 0 saturated carbocycles. The summed E-state index contributed by atoms with van der Waals surface area (Å²) in [6.07, 6.45) is 1.00. The molecule has 0 saturated heterocycles. The van der Waals surface area contributed by atoms with Crippen molar-refractivity contribution in [1.82, 2.24) is 0 Å². The molecule has 0 aliphatic rings. The molecule has 6 heavy (non-hydrogen) atoms. The molecule has 0 atom stereocenters. The van der Waals surface area contributed by atoms with Crippen LogP contribution in [0.3, 0.4) is 0 Å². The Morgan fingerprint density at radius 3 is 1.67 bits per heavy atom. The molecule has 2 N–H and O–H groups in total. The number of amides is 1. The predicted octanol–water partition coefficient (Wildman–Crippen LogP) is -0.150. The van der Waals surface area contributed by atoms with Gasteiger partial charge < -0.3 is 17.5 Å². The van der Waals surface area contributed by atoms with Gasteiger partial charge in [-0.05, 0) is 0 Å². The van der Waals surface area contributed by atoms with E-state index in [-0.39, 0.29) is 21.1 Å². The van der Waals surface area contributed by atoms with Crippen LogP contribution in [0.15, 0.2) is 0 Å². The Bertz CT molecular complexity index is 18.3. The second kappa shape index (κ2) is 66.5. The summed E-state index contributed by atoms with van der Waals surface area (Å²) in [5.41, 5.74) is 4.04. The molecular weight excluding hydrogens is 250 g/mol. The van der Waals surface area contributed by atoms with Crippen molar-refractivity contribution in [2.24, 2.45) is 5.73 Å². The van der Waals surface area contributed by atoms with E-state index in [0.717, 1.165) is 6.41 Å². The summed E-state index contributed by atoms with van der Waals surface area (Å²) in [5, 5.41) is 0. The van der Waals surface area contributed by atoms with Gasteiger partial charge in [0, 0.05) is 0 Å². The first kappa shape index (κ1) is 16.4. The van der Waals surface area contributed by atoms with Crippen LogP contribution in [0.2, 0.25) is 0 Å². The predicted molar refractivity (Wildman–Crippen MR) is 20.9 cm³/mol. The van der Waals surface area contributed by atoms with E-state index >= 15 is 0 Å². The Morgan fingerprint density at radius 1 is 1.67 bits per heavy atom. The van der Waals surface area contributed by atoms with E-state index in [1.54, 1.807) is 6.92 Å². The second-order valence-electron chi connectivity index (χ2n) is 0.118. The van der Waals surface area contributed by atoms with E-state index in [9.17, 15) is 0 Å². The summed E-state index contributed by atoms with van der Waals surface area (Å²) in [4.78, 5) is 8.46. The van der Waals surface area contributed by atoms with Gasteiger partial charge in [0.05, 0.1) is 0 Å². The molecule has 1 amide bonds. The Balaban J connectivity index is -0.0000000275. The average molecular weight is 257 g/mol. The van der Waals surface area contributed by atoms with Gasteiger partial charge in [0.2, 0.25) is 0 Å². The Hall–Kier alpha value is 0.158. The molecule has 0 radical (unpaired) electrons. The zero-order valence-electron chi connectivity index (χ0n) is 3.60. The summed E-state index contributed by atoms with van der Waals surface area (Å²) in [6, 6.07) is 0. The summed E-state index contributed by atoms with van der Waals surface area (Å²) in [5.74, 6) is 0. The fourth-order valence-electron chi connectivity index (χ4n) is 0. The van der Waals surface area contributed by atoms with Gasteiger partial charge in [0.25, 0.3) is 0 Å².